The van der Waals surface area contributed by atoms with Crippen molar-refractivity contribution in [1.29, 1.82) is 0 Å². The van der Waals surface area contributed by atoms with Gasteiger partial charge in [-0.2, -0.15) is 21.6 Å². The molecule has 0 unspecified atom stereocenters. The minimum Gasteiger partial charge on any atom is -0.267 e. The van der Waals surface area contributed by atoms with Crippen LogP contribution in [0.3, 0.4) is 0 Å². The molecule has 0 aliphatic carbocycles. The van der Waals surface area contributed by atoms with Crippen molar-refractivity contribution in [3.63, 3.8) is 0 Å². The van der Waals surface area contributed by atoms with Crippen LogP contribution in [0.5, 0.6) is 0 Å². The molecule has 9 heteroatoms. The van der Waals surface area contributed by atoms with Crippen molar-refractivity contribution in [2.75, 3.05) is 0 Å². The molecule has 17 heavy (non-hydrogen) atoms. The van der Waals surface area contributed by atoms with E-state index >= 15 is 0 Å². The molecular weight excluding hydrogens is 289 g/mol. The summed E-state index contributed by atoms with van der Waals surface area (Å²) in [7, 11) is -9.79. The molecule has 0 saturated heterocycles. The first-order valence-electron chi connectivity index (χ1n) is 5.08. The number of hydrogen-bond donors (Lipinski definition) is 0. The zero-order valence-electron chi connectivity index (χ0n) is 10.8. The third-order valence-corrected chi connectivity index (χ3v) is 12.0. The van der Waals surface area contributed by atoms with Gasteiger partial charge < -0.3 is 0 Å². The first-order chi connectivity index (χ1) is 7.09. The van der Waals surface area contributed by atoms with Gasteiger partial charge >= 0.3 is 15.6 Å². The van der Waals surface area contributed by atoms with Crippen molar-refractivity contribution in [3.05, 3.63) is 0 Å². The molecule has 0 aliphatic heterocycles. The van der Waals surface area contributed by atoms with Crippen LogP contribution in [0, 0.1) is 0 Å². The standard InChI is InChI=1S/C8H19F3O3SSi2/c1-16(2,3)7(17(4,5)6)14-15(12,13)8(9,10)11/h7H,1-6H3. The van der Waals surface area contributed by atoms with Crippen LogP contribution < -0.4 is 0 Å². The summed E-state index contributed by atoms with van der Waals surface area (Å²) in [4.78, 5) is 0. The summed E-state index contributed by atoms with van der Waals surface area (Å²) < 4.78 is 63.5. The molecule has 0 amide bonds. The quantitative estimate of drug-likeness (QED) is 0.455. The van der Waals surface area contributed by atoms with Crippen LogP contribution in [-0.2, 0) is 14.3 Å². The van der Waals surface area contributed by atoms with Gasteiger partial charge in [0.05, 0.1) is 21.5 Å². The molecule has 0 bridgehead atoms. The third-order valence-electron chi connectivity index (χ3n) is 2.08. The second-order valence-electron chi connectivity index (χ2n) is 6.11. The maximum absolute atomic E-state index is 12.3. The highest BCUT2D eigenvalue weighted by molar-refractivity contribution is 7.87. The van der Waals surface area contributed by atoms with Crippen LogP contribution in [-0.4, -0.2) is 35.4 Å². The summed E-state index contributed by atoms with van der Waals surface area (Å²) in [5, 5.41) is -0.790. The van der Waals surface area contributed by atoms with Crippen molar-refractivity contribution in [2.45, 2.75) is 50.1 Å². The molecule has 0 radical (unpaired) electrons. The Morgan fingerprint density at radius 3 is 1.41 bits per heavy atom. The summed E-state index contributed by atoms with van der Waals surface area (Å²) >= 11 is 0. The fourth-order valence-corrected chi connectivity index (χ4v) is 15.6. The molecule has 0 aromatic rings. The molecule has 0 saturated carbocycles. The summed E-state index contributed by atoms with van der Waals surface area (Å²) in [6, 6.07) is 0. The van der Waals surface area contributed by atoms with Crippen LogP contribution in [0.4, 0.5) is 13.2 Å². The SMILES string of the molecule is C[Si](C)(C)C(OS(=O)(=O)C(F)(F)F)[Si](C)(C)C. The lowest BCUT2D eigenvalue weighted by Gasteiger charge is -2.37. The van der Waals surface area contributed by atoms with Crippen LogP contribution in [0.2, 0.25) is 39.3 Å². The summed E-state index contributed by atoms with van der Waals surface area (Å²) in [5.74, 6) is 0. The fraction of sp³-hybridized carbons (Fsp3) is 1.00. The molecule has 3 nitrogen and oxygen atoms in total. The molecule has 0 aromatic carbocycles. The van der Waals surface area contributed by atoms with Gasteiger partial charge in [-0.3, -0.25) is 4.18 Å². The molecule has 0 atom stereocenters. The molecule has 0 spiro atoms. The number of alkyl halides is 3. The van der Waals surface area contributed by atoms with Crippen molar-refractivity contribution in [3.8, 4) is 0 Å². The lowest BCUT2D eigenvalue weighted by molar-refractivity contribution is -0.0541. The van der Waals surface area contributed by atoms with E-state index in [1.807, 2.05) is 39.3 Å². The van der Waals surface area contributed by atoms with Gasteiger partial charge in [0.15, 0.2) is 0 Å². The highest BCUT2D eigenvalue weighted by atomic mass is 32.2. The van der Waals surface area contributed by atoms with E-state index in [1.54, 1.807) is 0 Å². The number of rotatable bonds is 4. The van der Waals surface area contributed by atoms with Crippen molar-refractivity contribution >= 4 is 26.3 Å². The molecule has 0 heterocycles. The molecule has 0 aliphatic rings. The van der Waals surface area contributed by atoms with Gasteiger partial charge in [-0.25, -0.2) is 0 Å². The lowest BCUT2D eigenvalue weighted by atomic mass is 11.6. The van der Waals surface area contributed by atoms with E-state index in [2.05, 4.69) is 4.18 Å². The van der Waals surface area contributed by atoms with Gasteiger partial charge in [-0.15, -0.1) is 0 Å². The van der Waals surface area contributed by atoms with E-state index in [9.17, 15) is 21.6 Å². The van der Waals surface area contributed by atoms with Gasteiger partial charge in [-0.05, 0) is 0 Å². The van der Waals surface area contributed by atoms with Crippen LogP contribution in [0.15, 0.2) is 0 Å². The number of hydrogen-bond acceptors (Lipinski definition) is 3. The largest absolute Gasteiger partial charge is 0.523 e. The average molecular weight is 308 g/mol. The Labute approximate surface area is 103 Å². The third kappa shape index (κ3) is 4.72. The van der Waals surface area contributed by atoms with E-state index in [0.29, 0.717) is 0 Å². The van der Waals surface area contributed by atoms with E-state index in [0.717, 1.165) is 0 Å². The summed E-state index contributed by atoms with van der Waals surface area (Å²) in [6.07, 6.45) is 0. The maximum atomic E-state index is 12.3. The molecule has 0 N–H and O–H groups in total. The molecule has 0 fully saturated rings. The predicted molar refractivity (Wildman–Crippen MR) is 66.5 cm³/mol. The zero-order valence-corrected chi connectivity index (χ0v) is 13.7. The zero-order chi connectivity index (χ0) is 14.3. The van der Waals surface area contributed by atoms with E-state index in [4.69, 9.17) is 0 Å². The van der Waals surface area contributed by atoms with Crippen LogP contribution in [0.1, 0.15) is 0 Å². The number of halogens is 3. The summed E-state index contributed by atoms with van der Waals surface area (Å²) in [6.45, 7) is 10.8. The van der Waals surface area contributed by atoms with Gasteiger partial charge in [0.1, 0.15) is 0 Å². The molecule has 104 valence electrons. The Morgan fingerprint density at radius 2 is 1.24 bits per heavy atom. The smallest absolute Gasteiger partial charge is 0.267 e. The average Bonchev–Trinajstić information content (AvgIpc) is 1.93. The van der Waals surface area contributed by atoms with Crippen molar-refractivity contribution in [2.24, 2.45) is 0 Å². The van der Waals surface area contributed by atoms with E-state index in [-0.39, 0.29) is 0 Å². The van der Waals surface area contributed by atoms with Crippen molar-refractivity contribution < 1.29 is 25.8 Å². The second-order valence-corrected chi connectivity index (χ2v) is 18.8. The van der Waals surface area contributed by atoms with Gasteiger partial charge in [0.25, 0.3) is 0 Å². The second kappa shape index (κ2) is 4.67. The molecule has 0 aromatic heterocycles. The lowest BCUT2D eigenvalue weighted by Crippen LogP contribution is -2.57. The van der Waals surface area contributed by atoms with E-state index in [1.165, 1.54) is 0 Å². The minimum atomic E-state index is -5.49. The van der Waals surface area contributed by atoms with E-state index < -0.39 is 37.1 Å². The van der Waals surface area contributed by atoms with Gasteiger partial charge in [-0.1, -0.05) is 39.3 Å². The Morgan fingerprint density at radius 1 is 0.941 bits per heavy atom. The van der Waals surface area contributed by atoms with Gasteiger partial charge in [0.2, 0.25) is 0 Å². The predicted octanol–water partition coefficient (Wildman–Crippen LogP) is 2.98. The van der Waals surface area contributed by atoms with Gasteiger partial charge in [0, 0.05) is 0 Å². The normalized spacial score (nSPS) is 15.4. The van der Waals surface area contributed by atoms with Crippen molar-refractivity contribution in [1.82, 2.24) is 0 Å². The Kier molecular flexibility index (Phi) is 4.71. The fourth-order valence-electron chi connectivity index (χ4n) is 1.77. The highest BCUT2D eigenvalue weighted by Crippen LogP contribution is 2.31. The first-order valence-corrected chi connectivity index (χ1v) is 13.6. The first kappa shape index (κ1) is 17.1. The Balaban J connectivity index is 5.33. The Hall–Kier alpha value is 0.134. The van der Waals surface area contributed by atoms with Crippen LogP contribution in [0.25, 0.3) is 0 Å². The summed E-state index contributed by atoms with van der Waals surface area (Å²) in [5.41, 5.74) is -5.34. The molecule has 0 rings (SSSR count). The molecular formula is C8H19F3O3SSi2. The topological polar surface area (TPSA) is 43.4 Å². The maximum Gasteiger partial charge on any atom is 0.523 e. The highest BCUT2D eigenvalue weighted by Gasteiger charge is 2.52. The van der Waals surface area contributed by atoms with Crippen LogP contribution >= 0.6 is 0 Å². The Bertz CT molecular complexity index is 351. The minimum absolute atomic E-state index is 0.790. The monoisotopic (exact) mass is 308 g/mol.